The van der Waals surface area contributed by atoms with Crippen molar-refractivity contribution < 1.29 is 9.90 Å². The van der Waals surface area contributed by atoms with Gasteiger partial charge in [0.1, 0.15) is 0 Å². The normalized spacial score (nSPS) is 25.6. The predicted molar refractivity (Wildman–Crippen MR) is 73.5 cm³/mol. The first-order valence-electron chi connectivity index (χ1n) is 7.18. The van der Waals surface area contributed by atoms with E-state index in [0.717, 1.165) is 31.6 Å². The first-order chi connectivity index (χ1) is 8.54. The monoisotopic (exact) mass is 256 g/mol. The third kappa shape index (κ3) is 4.84. The maximum absolute atomic E-state index is 12.0. The van der Waals surface area contributed by atoms with E-state index < -0.39 is 0 Å². The quantitative estimate of drug-likeness (QED) is 0.793. The van der Waals surface area contributed by atoms with Gasteiger partial charge in [-0.25, -0.2) is 4.79 Å². The molecule has 1 fully saturated rings. The van der Waals surface area contributed by atoms with Crippen LogP contribution in [0.5, 0.6) is 0 Å². The number of amides is 2. The minimum Gasteiger partial charge on any atom is -0.396 e. The zero-order valence-electron chi connectivity index (χ0n) is 12.0. The summed E-state index contributed by atoms with van der Waals surface area (Å²) in [5.74, 6) is 0.807. The Bertz CT molecular complexity index is 250. The molecule has 0 heterocycles. The van der Waals surface area contributed by atoms with Gasteiger partial charge < -0.3 is 15.3 Å². The van der Waals surface area contributed by atoms with Gasteiger partial charge in [0.05, 0.1) is 0 Å². The molecular weight excluding hydrogens is 228 g/mol. The highest BCUT2D eigenvalue weighted by Crippen LogP contribution is 2.26. The maximum atomic E-state index is 12.0. The third-order valence-corrected chi connectivity index (χ3v) is 4.02. The Morgan fingerprint density at radius 3 is 2.56 bits per heavy atom. The minimum absolute atomic E-state index is 0.0278. The fourth-order valence-electron chi connectivity index (χ4n) is 2.58. The van der Waals surface area contributed by atoms with Crippen molar-refractivity contribution in [2.75, 3.05) is 13.7 Å². The molecule has 2 N–H and O–H groups in total. The van der Waals surface area contributed by atoms with Gasteiger partial charge in [-0.3, -0.25) is 0 Å². The Hall–Kier alpha value is -0.770. The van der Waals surface area contributed by atoms with Crippen molar-refractivity contribution in [3.05, 3.63) is 0 Å². The van der Waals surface area contributed by atoms with Crippen LogP contribution in [-0.4, -0.2) is 41.8 Å². The van der Waals surface area contributed by atoms with Crippen LogP contribution in [0.3, 0.4) is 0 Å². The van der Waals surface area contributed by atoms with E-state index in [1.54, 1.807) is 0 Å². The maximum Gasteiger partial charge on any atom is 0.317 e. The summed E-state index contributed by atoms with van der Waals surface area (Å²) >= 11 is 0. The summed E-state index contributed by atoms with van der Waals surface area (Å²) in [5.41, 5.74) is 0. The summed E-state index contributed by atoms with van der Waals surface area (Å²) in [6, 6.07) is 0.556. The molecule has 0 aromatic rings. The second-order valence-electron chi connectivity index (χ2n) is 5.74. The Morgan fingerprint density at radius 1 is 1.39 bits per heavy atom. The molecule has 4 nitrogen and oxygen atoms in total. The van der Waals surface area contributed by atoms with Crippen molar-refractivity contribution >= 4 is 6.03 Å². The minimum atomic E-state index is 0.0278. The number of rotatable bonds is 5. The molecule has 1 aliphatic carbocycles. The van der Waals surface area contributed by atoms with Crippen molar-refractivity contribution in [2.24, 2.45) is 5.92 Å². The Morgan fingerprint density at radius 2 is 2.00 bits per heavy atom. The van der Waals surface area contributed by atoms with E-state index in [0.29, 0.717) is 6.04 Å². The number of hydrogen-bond donors (Lipinski definition) is 2. The second-order valence-corrected chi connectivity index (χ2v) is 5.74. The van der Waals surface area contributed by atoms with Gasteiger partial charge in [-0.05, 0) is 51.4 Å². The topological polar surface area (TPSA) is 52.6 Å². The summed E-state index contributed by atoms with van der Waals surface area (Å²) in [7, 11) is 1.90. The Kier molecular flexibility index (Phi) is 6.47. The first kappa shape index (κ1) is 15.3. The van der Waals surface area contributed by atoms with Crippen molar-refractivity contribution in [1.82, 2.24) is 10.2 Å². The van der Waals surface area contributed by atoms with Crippen LogP contribution in [0, 0.1) is 5.92 Å². The van der Waals surface area contributed by atoms with Crippen LogP contribution in [0.25, 0.3) is 0 Å². The second kappa shape index (κ2) is 7.62. The number of nitrogens with one attached hydrogen (secondary N) is 1. The highest BCUT2D eigenvalue weighted by molar-refractivity contribution is 5.74. The van der Waals surface area contributed by atoms with E-state index >= 15 is 0 Å². The van der Waals surface area contributed by atoms with Crippen molar-refractivity contribution in [1.29, 1.82) is 0 Å². The van der Waals surface area contributed by atoms with Gasteiger partial charge in [-0.2, -0.15) is 0 Å². The zero-order valence-corrected chi connectivity index (χ0v) is 12.0. The number of carbonyl (C=O) groups is 1. The molecule has 0 spiro atoms. The molecular formula is C14H28N2O2. The van der Waals surface area contributed by atoms with Gasteiger partial charge in [0.15, 0.2) is 0 Å². The molecule has 0 saturated heterocycles. The largest absolute Gasteiger partial charge is 0.396 e. The lowest BCUT2D eigenvalue weighted by Gasteiger charge is -2.34. The predicted octanol–water partition coefficient (Wildman–Crippen LogP) is 2.37. The van der Waals surface area contributed by atoms with Gasteiger partial charge in [-0.15, -0.1) is 0 Å². The van der Waals surface area contributed by atoms with E-state index in [2.05, 4.69) is 12.2 Å². The lowest BCUT2D eigenvalue weighted by Crippen LogP contribution is -2.47. The van der Waals surface area contributed by atoms with E-state index in [4.69, 9.17) is 5.11 Å². The summed E-state index contributed by atoms with van der Waals surface area (Å²) in [6.45, 7) is 4.47. The van der Waals surface area contributed by atoms with E-state index in [1.807, 2.05) is 18.9 Å². The van der Waals surface area contributed by atoms with Crippen LogP contribution in [0.2, 0.25) is 0 Å². The molecule has 4 heteroatoms. The fraction of sp³-hybridized carbons (Fsp3) is 0.929. The van der Waals surface area contributed by atoms with Crippen LogP contribution in [0.4, 0.5) is 4.79 Å². The lowest BCUT2D eigenvalue weighted by molar-refractivity contribution is 0.160. The summed E-state index contributed by atoms with van der Waals surface area (Å²) in [4.78, 5) is 13.9. The number of aliphatic hydroxyl groups is 1. The average Bonchev–Trinajstić information content (AvgIpc) is 2.36. The summed E-state index contributed by atoms with van der Waals surface area (Å²) in [5, 5.41) is 11.8. The number of hydrogen-bond acceptors (Lipinski definition) is 2. The highest BCUT2D eigenvalue weighted by atomic mass is 16.3. The number of urea groups is 1. The van der Waals surface area contributed by atoms with Gasteiger partial charge in [0, 0.05) is 25.7 Å². The molecule has 0 bridgehead atoms. The number of nitrogens with zero attached hydrogens (tertiary/aromatic N) is 1. The van der Waals surface area contributed by atoms with Crippen molar-refractivity contribution in [2.45, 2.75) is 64.5 Å². The third-order valence-electron chi connectivity index (χ3n) is 4.02. The van der Waals surface area contributed by atoms with Gasteiger partial charge in [0.2, 0.25) is 0 Å². The molecule has 0 aliphatic heterocycles. The molecule has 1 unspecified atom stereocenters. The van der Waals surface area contributed by atoms with Crippen LogP contribution in [0.1, 0.15) is 52.4 Å². The highest BCUT2D eigenvalue weighted by Gasteiger charge is 2.25. The SMILES string of the molecule is CC1CCC(N(C)C(=O)NC(C)CCCO)CC1. The summed E-state index contributed by atoms with van der Waals surface area (Å²) in [6.07, 6.45) is 6.26. The van der Waals surface area contributed by atoms with E-state index in [9.17, 15) is 4.79 Å². The molecule has 1 rings (SSSR count). The number of carbonyl (C=O) groups excluding carboxylic acids is 1. The molecule has 2 amide bonds. The zero-order chi connectivity index (χ0) is 13.5. The fourth-order valence-corrected chi connectivity index (χ4v) is 2.58. The Labute approximate surface area is 111 Å². The molecule has 1 aliphatic rings. The van der Waals surface area contributed by atoms with E-state index in [-0.39, 0.29) is 18.7 Å². The van der Waals surface area contributed by atoms with Gasteiger partial charge in [0.25, 0.3) is 0 Å². The van der Waals surface area contributed by atoms with Crippen LogP contribution >= 0.6 is 0 Å². The molecule has 0 radical (unpaired) electrons. The average molecular weight is 256 g/mol. The van der Waals surface area contributed by atoms with Crippen molar-refractivity contribution in [3.63, 3.8) is 0 Å². The van der Waals surface area contributed by atoms with Gasteiger partial charge in [-0.1, -0.05) is 6.92 Å². The van der Waals surface area contributed by atoms with Crippen LogP contribution in [-0.2, 0) is 0 Å². The molecule has 1 atom stereocenters. The van der Waals surface area contributed by atoms with Crippen molar-refractivity contribution in [3.8, 4) is 0 Å². The van der Waals surface area contributed by atoms with E-state index in [1.165, 1.54) is 12.8 Å². The number of aliphatic hydroxyl groups excluding tert-OH is 1. The molecule has 0 aromatic carbocycles. The molecule has 1 saturated carbocycles. The van der Waals surface area contributed by atoms with Crippen LogP contribution < -0.4 is 5.32 Å². The molecule has 18 heavy (non-hydrogen) atoms. The lowest BCUT2D eigenvalue weighted by atomic mass is 9.87. The van der Waals surface area contributed by atoms with Gasteiger partial charge >= 0.3 is 6.03 Å². The molecule has 106 valence electrons. The summed E-state index contributed by atoms with van der Waals surface area (Å²) < 4.78 is 0. The standard InChI is InChI=1S/C14H28N2O2/c1-11-6-8-13(9-7-11)16(3)14(18)15-12(2)5-4-10-17/h11-13,17H,4-10H2,1-3H3,(H,15,18). The smallest absolute Gasteiger partial charge is 0.317 e. The Balaban J connectivity index is 2.32. The van der Waals surface area contributed by atoms with Crippen LogP contribution in [0.15, 0.2) is 0 Å². The molecule has 0 aromatic heterocycles. The first-order valence-corrected chi connectivity index (χ1v) is 7.18.